The predicted octanol–water partition coefficient (Wildman–Crippen LogP) is 1.99. The Morgan fingerprint density at radius 3 is 3.05 bits per heavy atom. The molecule has 0 saturated carbocycles. The minimum atomic E-state index is 0.00573. The number of hydrogen-bond acceptors (Lipinski definition) is 6. The number of morpholine rings is 1. The summed E-state index contributed by atoms with van der Waals surface area (Å²) in [6.07, 6.45) is 3.40. The molecule has 1 atom stereocenters. The van der Waals surface area contributed by atoms with E-state index in [2.05, 4.69) is 20.9 Å². The Labute approximate surface area is 115 Å². The number of pyridine rings is 1. The number of hydrogen-bond donors (Lipinski definition) is 0. The van der Waals surface area contributed by atoms with Crippen molar-refractivity contribution in [1.29, 1.82) is 5.26 Å². The van der Waals surface area contributed by atoms with Crippen molar-refractivity contribution in [3.63, 3.8) is 0 Å². The first kappa shape index (κ1) is 12.1. The molecule has 1 fully saturated rings. The molecule has 5 nitrogen and oxygen atoms in total. The van der Waals surface area contributed by atoms with Crippen molar-refractivity contribution in [2.24, 2.45) is 0 Å². The Hall–Kier alpha value is -1.97. The van der Waals surface area contributed by atoms with E-state index in [0.717, 1.165) is 23.9 Å². The predicted molar refractivity (Wildman–Crippen MR) is 72.0 cm³/mol. The number of ether oxygens (including phenoxy) is 1. The van der Waals surface area contributed by atoms with Gasteiger partial charge >= 0.3 is 0 Å². The van der Waals surface area contributed by atoms with Crippen LogP contribution in [0.3, 0.4) is 0 Å². The van der Waals surface area contributed by atoms with Gasteiger partial charge in [-0.1, -0.05) is 0 Å². The first-order valence-electron chi connectivity index (χ1n) is 5.99. The Balaban J connectivity index is 1.76. The summed E-state index contributed by atoms with van der Waals surface area (Å²) in [5.74, 6) is 0.879. The van der Waals surface area contributed by atoms with Gasteiger partial charge in [0.25, 0.3) is 0 Å². The summed E-state index contributed by atoms with van der Waals surface area (Å²) in [6.45, 7) is 2.21. The molecule has 1 saturated heterocycles. The Bertz CT molecular complexity index is 576. The van der Waals surface area contributed by atoms with Gasteiger partial charge < -0.3 is 9.64 Å². The fraction of sp³-hybridized carbons (Fsp3) is 0.308. The smallest absolute Gasteiger partial charge is 0.128 e. The summed E-state index contributed by atoms with van der Waals surface area (Å²) >= 11 is 1.61. The summed E-state index contributed by atoms with van der Waals surface area (Å²) in [5.41, 5.74) is 0.577. The second-order valence-electron chi connectivity index (χ2n) is 4.19. The minimum Gasteiger partial charge on any atom is -0.367 e. The molecule has 19 heavy (non-hydrogen) atoms. The van der Waals surface area contributed by atoms with Crippen LogP contribution in [0.5, 0.6) is 0 Å². The summed E-state index contributed by atoms with van der Waals surface area (Å²) in [5, 5.41) is 11.7. The lowest BCUT2D eigenvalue weighted by Gasteiger charge is -2.32. The highest BCUT2D eigenvalue weighted by Gasteiger charge is 2.24. The van der Waals surface area contributed by atoms with Crippen molar-refractivity contribution in [1.82, 2.24) is 9.97 Å². The fourth-order valence-electron chi connectivity index (χ4n) is 2.04. The van der Waals surface area contributed by atoms with E-state index in [9.17, 15) is 0 Å². The van der Waals surface area contributed by atoms with Crippen LogP contribution in [0.15, 0.2) is 29.9 Å². The third kappa shape index (κ3) is 2.57. The van der Waals surface area contributed by atoms with Crippen LogP contribution in [0.4, 0.5) is 5.82 Å². The molecule has 2 aromatic rings. The number of rotatable bonds is 2. The molecule has 0 N–H and O–H groups in total. The lowest BCUT2D eigenvalue weighted by molar-refractivity contribution is 0.0394. The zero-order valence-electron chi connectivity index (χ0n) is 10.2. The summed E-state index contributed by atoms with van der Waals surface area (Å²) < 4.78 is 5.75. The molecule has 0 unspecified atom stereocenters. The number of anilines is 1. The van der Waals surface area contributed by atoms with Gasteiger partial charge in [0.15, 0.2) is 0 Å². The molecule has 0 aliphatic carbocycles. The quantitative estimate of drug-likeness (QED) is 0.836. The van der Waals surface area contributed by atoms with Crippen molar-refractivity contribution in [2.45, 2.75) is 6.10 Å². The van der Waals surface area contributed by atoms with Gasteiger partial charge in [-0.25, -0.2) is 9.97 Å². The highest BCUT2D eigenvalue weighted by atomic mass is 32.1. The molecule has 0 radical (unpaired) electrons. The maximum Gasteiger partial charge on any atom is 0.128 e. The summed E-state index contributed by atoms with van der Waals surface area (Å²) in [6, 6.07) is 5.74. The summed E-state index contributed by atoms with van der Waals surface area (Å²) in [4.78, 5) is 10.8. The highest BCUT2D eigenvalue weighted by molar-refractivity contribution is 7.09. The topological polar surface area (TPSA) is 62.0 Å². The average molecular weight is 272 g/mol. The van der Waals surface area contributed by atoms with Gasteiger partial charge in [-0.3, -0.25) is 0 Å². The van der Waals surface area contributed by atoms with Crippen molar-refractivity contribution in [3.05, 3.63) is 40.5 Å². The number of nitriles is 1. The molecule has 0 amide bonds. The molecular weight excluding hydrogens is 260 g/mol. The molecular formula is C13H12N4OS. The Morgan fingerprint density at radius 2 is 2.37 bits per heavy atom. The van der Waals surface area contributed by atoms with Gasteiger partial charge in [0.1, 0.15) is 23.0 Å². The second-order valence-corrected chi connectivity index (χ2v) is 5.12. The zero-order chi connectivity index (χ0) is 13.1. The molecule has 1 aliphatic heterocycles. The van der Waals surface area contributed by atoms with Crippen LogP contribution >= 0.6 is 11.3 Å². The molecule has 2 aromatic heterocycles. The number of thiazole rings is 1. The third-order valence-corrected chi connectivity index (χ3v) is 3.86. The zero-order valence-corrected chi connectivity index (χ0v) is 11.0. The van der Waals surface area contributed by atoms with Crippen molar-refractivity contribution < 1.29 is 4.74 Å². The standard InChI is InChI=1S/C13H12N4OS/c14-7-10-1-2-12(16-8-10)17-4-5-18-11(9-17)13-15-3-6-19-13/h1-3,6,8,11H,4-5,9H2/t11-/m0/s1. The maximum absolute atomic E-state index is 8.78. The average Bonchev–Trinajstić information content (AvgIpc) is 3.02. The molecule has 6 heteroatoms. The van der Waals surface area contributed by atoms with E-state index in [-0.39, 0.29) is 6.10 Å². The second kappa shape index (κ2) is 5.34. The fourth-order valence-corrected chi connectivity index (χ4v) is 2.72. The van der Waals surface area contributed by atoms with E-state index >= 15 is 0 Å². The normalized spacial score (nSPS) is 19.1. The minimum absolute atomic E-state index is 0.00573. The van der Waals surface area contributed by atoms with Gasteiger partial charge in [0, 0.05) is 24.3 Å². The Morgan fingerprint density at radius 1 is 1.42 bits per heavy atom. The largest absolute Gasteiger partial charge is 0.367 e. The van der Waals surface area contributed by atoms with E-state index in [0.29, 0.717) is 12.2 Å². The first-order chi connectivity index (χ1) is 9.36. The lowest BCUT2D eigenvalue weighted by Crippen LogP contribution is -2.38. The van der Waals surface area contributed by atoms with Crippen LogP contribution in [0.25, 0.3) is 0 Å². The Kier molecular flexibility index (Phi) is 3.40. The number of nitrogens with zero attached hydrogens (tertiary/aromatic N) is 4. The maximum atomic E-state index is 8.78. The van der Waals surface area contributed by atoms with Crippen LogP contribution in [-0.4, -0.2) is 29.7 Å². The van der Waals surface area contributed by atoms with Crippen LogP contribution in [-0.2, 0) is 4.74 Å². The molecule has 0 spiro atoms. The van der Waals surface area contributed by atoms with Crippen LogP contribution in [0, 0.1) is 11.3 Å². The third-order valence-electron chi connectivity index (χ3n) is 2.99. The van der Waals surface area contributed by atoms with Gasteiger partial charge in [-0.15, -0.1) is 11.3 Å². The highest BCUT2D eigenvalue weighted by Crippen LogP contribution is 2.26. The molecule has 96 valence electrons. The van der Waals surface area contributed by atoms with E-state index < -0.39 is 0 Å². The van der Waals surface area contributed by atoms with Crippen LogP contribution in [0.2, 0.25) is 0 Å². The van der Waals surface area contributed by atoms with E-state index in [4.69, 9.17) is 10.00 Å². The molecule has 3 heterocycles. The monoisotopic (exact) mass is 272 g/mol. The molecule has 3 rings (SSSR count). The van der Waals surface area contributed by atoms with E-state index in [1.807, 2.05) is 11.4 Å². The first-order valence-corrected chi connectivity index (χ1v) is 6.87. The van der Waals surface area contributed by atoms with Crippen molar-refractivity contribution >= 4 is 17.2 Å². The van der Waals surface area contributed by atoms with Crippen LogP contribution in [0.1, 0.15) is 16.7 Å². The van der Waals surface area contributed by atoms with Gasteiger partial charge in [-0.2, -0.15) is 5.26 Å². The van der Waals surface area contributed by atoms with Crippen LogP contribution < -0.4 is 4.90 Å². The summed E-state index contributed by atoms with van der Waals surface area (Å²) in [7, 11) is 0. The lowest BCUT2D eigenvalue weighted by atomic mass is 10.2. The molecule has 0 bridgehead atoms. The van der Waals surface area contributed by atoms with Gasteiger partial charge in [0.05, 0.1) is 18.7 Å². The molecule has 1 aliphatic rings. The number of aromatic nitrogens is 2. The van der Waals surface area contributed by atoms with E-state index in [1.165, 1.54) is 0 Å². The van der Waals surface area contributed by atoms with E-state index in [1.54, 1.807) is 29.8 Å². The van der Waals surface area contributed by atoms with Crippen molar-refractivity contribution in [2.75, 3.05) is 24.6 Å². The van der Waals surface area contributed by atoms with Gasteiger partial charge in [-0.05, 0) is 12.1 Å². The van der Waals surface area contributed by atoms with Crippen molar-refractivity contribution in [3.8, 4) is 6.07 Å². The SMILES string of the molecule is N#Cc1ccc(N2CCO[C@H](c3nccs3)C2)nc1. The molecule has 0 aromatic carbocycles. The van der Waals surface area contributed by atoms with Gasteiger partial charge in [0.2, 0.25) is 0 Å².